The van der Waals surface area contributed by atoms with E-state index >= 15 is 0 Å². The zero-order valence-corrected chi connectivity index (χ0v) is 11.8. The Morgan fingerprint density at radius 3 is 2.47 bits per heavy atom. The van der Waals surface area contributed by atoms with Crippen LogP contribution in [0.4, 0.5) is 13.2 Å². The van der Waals surface area contributed by atoms with Crippen LogP contribution in [0, 0.1) is 0 Å². The van der Waals surface area contributed by atoms with Gasteiger partial charge in [0.2, 0.25) is 0 Å². The van der Waals surface area contributed by atoms with Crippen LogP contribution in [0.3, 0.4) is 0 Å². The first-order valence-electron chi connectivity index (χ1n) is 5.63. The number of carbonyl (C=O) groups excluding carboxylic acids is 1. The summed E-state index contributed by atoms with van der Waals surface area (Å²) < 4.78 is 40.2. The summed E-state index contributed by atoms with van der Waals surface area (Å²) in [6.07, 6.45) is -3.58. The van der Waals surface area contributed by atoms with Crippen molar-refractivity contribution >= 4 is 32.6 Å². The van der Waals surface area contributed by atoms with Gasteiger partial charge in [0.1, 0.15) is 0 Å². The fourth-order valence-electron chi connectivity index (χ4n) is 1.99. The van der Waals surface area contributed by atoms with E-state index in [1.165, 1.54) is 12.3 Å². The van der Waals surface area contributed by atoms with Crippen molar-refractivity contribution in [1.29, 1.82) is 0 Å². The molecule has 1 aromatic carbocycles. The van der Waals surface area contributed by atoms with Crippen molar-refractivity contribution < 1.29 is 18.0 Å². The predicted molar refractivity (Wildman–Crippen MR) is 70.4 cm³/mol. The highest BCUT2D eigenvalue weighted by Crippen LogP contribution is 2.31. The molecule has 0 spiro atoms. The van der Waals surface area contributed by atoms with E-state index in [4.69, 9.17) is 0 Å². The molecular weight excluding hydrogens is 323 g/mol. The largest absolute Gasteiger partial charge is 0.454 e. The minimum absolute atomic E-state index is 0.0356. The molecule has 0 N–H and O–H groups in total. The van der Waals surface area contributed by atoms with Crippen LogP contribution in [0.25, 0.3) is 10.9 Å². The molecule has 0 amide bonds. The molecule has 0 saturated carbocycles. The van der Waals surface area contributed by atoms with E-state index < -0.39 is 12.0 Å². The first kappa shape index (κ1) is 14.1. The van der Waals surface area contributed by atoms with Crippen molar-refractivity contribution in [3.05, 3.63) is 34.4 Å². The molecule has 0 saturated heterocycles. The third-order valence-corrected chi connectivity index (χ3v) is 3.35. The van der Waals surface area contributed by atoms with E-state index in [2.05, 4.69) is 15.9 Å². The van der Waals surface area contributed by atoms with E-state index in [9.17, 15) is 18.0 Å². The minimum atomic E-state index is -4.86. The molecule has 1 aromatic heterocycles. The van der Waals surface area contributed by atoms with Gasteiger partial charge in [-0.05, 0) is 26.0 Å². The molecule has 0 aliphatic rings. The number of rotatable bonds is 2. The summed E-state index contributed by atoms with van der Waals surface area (Å²) in [5.41, 5.74) is 0.306. The van der Waals surface area contributed by atoms with Crippen molar-refractivity contribution in [3.63, 3.8) is 0 Å². The Kier molecular flexibility index (Phi) is 3.47. The maximum absolute atomic E-state index is 12.6. The summed E-state index contributed by atoms with van der Waals surface area (Å²) >= 11 is 3.28. The summed E-state index contributed by atoms with van der Waals surface area (Å²) in [6.45, 7) is 3.70. The van der Waals surface area contributed by atoms with Gasteiger partial charge in [0, 0.05) is 22.1 Å². The average molecular weight is 334 g/mol. The van der Waals surface area contributed by atoms with E-state index in [1.807, 2.05) is 13.8 Å². The summed E-state index contributed by atoms with van der Waals surface area (Å²) in [4.78, 5) is 11.5. The lowest BCUT2D eigenvalue weighted by molar-refractivity contribution is -0.0884. The lowest BCUT2D eigenvalue weighted by atomic mass is 10.1. The number of carbonyl (C=O) groups is 1. The summed E-state index contributed by atoms with van der Waals surface area (Å²) in [6, 6.07) is 4.83. The molecule has 2 nitrogen and oxygen atoms in total. The second-order valence-corrected chi connectivity index (χ2v) is 5.45. The highest BCUT2D eigenvalue weighted by Gasteiger charge is 2.40. The Labute approximate surface area is 116 Å². The number of alkyl halides is 3. The van der Waals surface area contributed by atoms with Gasteiger partial charge in [-0.15, -0.1) is 0 Å². The number of aromatic nitrogens is 1. The number of benzene rings is 1. The third kappa shape index (κ3) is 2.54. The molecule has 2 aromatic rings. The number of nitrogens with zero attached hydrogens (tertiary/aromatic N) is 1. The van der Waals surface area contributed by atoms with Crippen molar-refractivity contribution in [3.8, 4) is 0 Å². The number of Topliss-reactive ketones (excluding diaryl/α,β-unsaturated/α-hetero) is 1. The van der Waals surface area contributed by atoms with Crippen LogP contribution < -0.4 is 0 Å². The number of ketones is 1. The van der Waals surface area contributed by atoms with Gasteiger partial charge in [-0.2, -0.15) is 13.2 Å². The maximum atomic E-state index is 12.6. The van der Waals surface area contributed by atoms with Crippen LogP contribution in [0.1, 0.15) is 30.2 Å². The van der Waals surface area contributed by atoms with Crippen LogP contribution in [-0.2, 0) is 0 Å². The first-order chi connectivity index (χ1) is 8.71. The molecule has 0 atom stereocenters. The topological polar surface area (TPSA) is 22.0 Å². The molecule has 0 bridgehead atoms. The molecule has 2 rings (SSSR count). The molecule has 0 unspecified atom stereocenters. The highest BCUT2D eigenvalue weighted by atomic mass is 79.9. The molecule has 0 fully saturated rings. The van der Waals surface area contributed by atoms with Gasteiger partial charge in [0.25, 0.3) is 5.78 Å². The molecule has 0 radical (unpaired) electrons. The predicted octanol–water partition coefficient (Wildman–Crippen LogP) is 4.73. The van der Waals surface area contributed by atoms with Crippen LogP contribution in [0.5, 0.6) is 0 Å². The van der Waals surface area contributed by atoms with Gasteiger partial charge in [-0.1, -0.05) is 22.0 Å². The first-order valence-corrected chi connectivity index (χ1v) is 6.42. The Morgan fingerprint density at radius 1 is 1.32 bits per heavy atom. The van der Waals surface area contributed by atoms with Crippen LogP contribution >= 0.6 is 15.9 Å². The van der Waals surface area contributed by atoms with Gasteiger partial charge < -0.3 is 4.57 Å². The normalized spacial score (nSPS) is 12.4. The molecular formula is C13H11BrF3NO. The summed E-state index contributed by atoms with van der Waals surface area (Å²) in [5, 5.41) is 0.319. The number of fused-ring (bicyclic) bond motifs is 1. The monoisotopic (exact) mass is 333 g/mol. The molecule has 19 heavy (non-hydrogen) atoms. The van der Waals surface area contributed by atoms with Crippen molar-refractivity contribution in [1.82, 2.24) is 4.57 Å². The highest BCUT2D eigenvalue weighted by molar-refractivity contribution is 9.10. The smallest absolute Gasteiger partial charge is 0.344 e. The third-order valence-electron chi connectivity index (χ3n) is 2.85. The molecule has 6 heteroatoms. The lowest BCUT2D eigenvalue weighted by Gasteiger charge is -2.08. The standard InChI is InChI=1S/C13H11BrF3NO/c1-7(2)18-6-10(12(19)13(15,16)17)9-4-3-8(14)5-11(9)18/h3-7H,1-2H3. The summed E-state index contributed by atoms with van der Waals surface area (Å²) in [7, 11) is 0. The van der Waals surface area contributed by atoms with Gasteiger partial charge in [0.05, 0.1) is 11.1 Å². The summed E-state index contributed by atoms with van der Waals surface area (Å²) in [5.74, 6) is -1.81. The second kappa shape index (κ2) is 4.67. The Morgan fingerprint density at radius 2 is 1.95 bits per heavy atom. The van der Waals surface area contributed by atoms with E-state index in [-0.39, 0.29) is 11.6 Å². The van der Waals surface area contributed by atoms with E-state index in [1.54, 1.807) is 16.7 Å². The van der Waals surface area contributed by atoms with Crippen molar-refractivity contribution in [2.45, 2.75) is 26.1 Å². The van der Waals surface area contributed by atoms with Crippen molar-refractivity contribution in [2.24, 2.45) is 0 Å². The quantitative estimate of drug-likeness (QED) is 0.728. The zero-order chi connectivity index (χ0) is 14.4. The van der Waals surface area contributed by atoms with Gasteiger partial charge in [0.15, 0.2) is 0 Å². The molecule has 1 heterocycles. The minimum Gasteiger partial charge on any atom is -0.344 e. The van der Waals surface area contributed by atoms with E-state index in [0.29, 0.717) is 10.9 Å². The van der Waals surface area contributed by atoms with Crippen LogP contribution in [0.15, 0.2) is 28.9 Å². The fourth-order valence-corrected chi connectivity index (χ4v) is 2.33. The Hall–Kier alpha value is -1.30. The second-order valence-electron chi connectivity index (χ2n) is 4.53. The molecule has 0 aliphatic heterocycles. The zero-order valence-electron chi connectivity index (χ0n) is 10.3. The number of hydrogen-bond donors (Lipinski definition) is 0. The van der Waals surface area contributed by atoms with Gasteiger partial charge in [-0.25, -0.2) is 0 Å². The van der Waals surface area contributed by atoms with Crippen molar-refractivity contribution in [2.75, 3.05) is 0 Å². The van der Waals surface area contributed by atoms with E-state index in [0.717, 1.165) is 4.47 Å². The number of halogens is 4. The van der Waals surface area contributed by atoms with Crippen LogP contribution in [-0.4, -0.2) is 16.5 Å². The molecule has 102 valence electrons. The maximum Gasteiger partial charge on any atom is 0.454 e. The number of hydrogen-bond acceptors (Lipinski definition) is 1. The van der Waals surface area contributed by atoms with Crippen LogP contribution in [0.2, 0.25) is 0 Å². The Balaban J connectivity index is 2.73. The molecule has 0 aliphatic carbocycles. The van der Waals surface area contributed by atoms with Gasteiger partial charge >= 0.3 is 6.18 Å². The fraction of sp³-hybridized carbons (Fsp3) is 0.308. The lowest BCUT2D eigenvalue weighted by Crippen LogP contribution is -2.22. The average Bonchev–Trinajstić information content (AvgIpc) is 2.65. The van der Waals surface area contributed by atoms with Gasteiger partial charge in [-0.3, -0.25) is 4.79 Å². The Bertz CT molecular complexity index is 643. The SMILES string of the molecule is CC(C)n1cc(C(=O)C(F)(F)F)c2ccc(Br)cc21.